The van der Waals surface area contributed by atoms with E-state index >= 15 is 0 Å². The average Bonchev–Trinajstić information content (AvgIpc) is 2.76. The van der Waals surface area contributed by atoms with Crippen LogP contribution < -0.4 is 0 Å². The zero-order valence-electron chi connectivity index (χ0n) is 15.9. The van der Waals surface area contributed by atoms with Crippen LogP contribution >= 0.6 is 0 Å². The molecule has 0 aliphatic carbocycles. The molecule has 1 heterocycles. The zero-order chi connectivity index (χ0) is 20.5. The van der Waals surface area contributed by atoms with Crippen molar-refractivity contribution in [3.8, 4) is 0 Å². The molecule has 0 spiro atoms. The van der Waals surface area contributed by atoms with Gasteiger partial charge in [-0.15, -0.1) is 0 Å². The van der Waals surface area contributed by atoms with Gasteiger partial charge < -0.3 is 5.11 Å². The highest BCUT2D eigenvalue weighted by molar-refractivity contribution is 7.92. The van der Waals surface area contributed by atoms with Gasteiger partial charge in [0.2, 0.25) is 5.79 Å². The Morgan fingerprint density at radius 2 is 1.24 bits per heavy atom. The molecule has 1 N–H and O–H groups in total. The summed E-state index contributed by atoms with van der Waals surface area (Å²) in [4.78, 5) is 11.3. The van der Waals surface area contributed by atoms with Crippen molar-refractivity contribution in [3.05, 3.63) is 102 Å². The summed E-state index contributed by atoms with van der Waals surface area (Å²) in [5, 5.41) is 9.59. The molecular weight excluding hydrogens is 388 g/mol. The fourth-order valence-electron chi connectivity index (χ4n) is 3.78. The van der Waals surface area contributed by atoms with Gasteiger partial charge in [0.15, 0.2) is 15.4 Å². The first-order valence-electron chi connectivity index (χ1n) is 9.35. The predicted molar refractivity (Wildman–Crippen MR) is 108 cm³/mol. The summed E-state index contributed by atoms with van der Waals surface area (Å²) in [6, 6.07) is 26.7. The van der Waals surface area contributed by atoms with Gasteiger partial charge in [-0.2, -0.15) is 4.89 Å². The van der Waals surface area contributed by atoms with Crippen molar-refractivity contribution in [2.24, 2.45) is 0 Å². The maximum atomic E-state index is 13.5. The topological polar surface area (TPSA) is 72.8 Å². The second-order valence-corrected chi connectivity index (χ2v) is 9.46. The lowest BCUT2D eigenvalue weighted by Gasteiger charge is -2.45. The van der Waals surface area contributed by atoms with Crippen molar-refractivity contribution in [2.75, 3.05) is 0 Å². The van der Waals surface area contributed by atoms with Gasteiger partial charge in [-0.05, 0) is 30.2 Å². The molecule has 3 aromatic carbocycles. The van der Waals surface area contributed by atoms with Gasteiger partial charge in [0.1, 0.15) is 5.25 Å². The van der Waals surface area contributed by atoms with Crippen LogP contribution in [0.5, 0.6) is 0 Å². The molecular formula is C23H22O5S. The van der Waals surface area contributed by atoms with Gasteiger partial charge in [-0.3, -0.25) is 0 Å². The molecule has 5 nitrogen and oxygen atoms in total. The highest BCUT2D eigenvalue weighted by Gasteiger charge is 2.56. The zero-order valence-corrected chi connectivity index (χ0v) is 16.7. The van der Waals surface area contributed by atoms with E-state index < -0.39 is 26.5 Å². The standard InChI is InChI=1S/C23H22O5S/c1-22(24)21(29(25,26)20-15-9-4-10-16-20)17-23(28-27-22,18-11-5-2-6-12-18)19-13-7-3-8-14-19/h2-16,21,24H,17H2,1H3. The molecule has 3 aromatic rings. The van der Waals surface area contributed by atoms with Crippen molar-refractivity contribution in [2.45, 2.75) is 34.9 Å². The number of rotatable bonds is 4. The van der Waals surface area contributed by atoms with E-state index in [1.54, 1.807) is 18.2 Å². The Balaban J connectivity index is 1.87. The molecule has 4 rings (SSSR count). The van der Waals surface area contributed by atoms with Crippen LogP contribution in [0.15, 0.2) is 95.9 Å². The minimum Gasteiger partial charge on any atom is -0.362 e. The molecule has 0 saturated carbocycles. The van der Waals surface area contributed by atoms with Crippen LogP contribution in [0.25, 0.3) is 0 Å². The van der Waals surface area contributed by atoms with Gasteiger partial charge in [-0.25, -0.2) is 13.3 Å². The van der Waals surface area contributed by atoms with Crippen LogP contribution in [0.1, 0.15) is 24.5 Å². The average molecular weight is 410 g/mol. The molecule has 2 atom stereocenters. The Hall–Kier alpha value is -2.51. The van der Waals surface area contributed by atoms with Crippen LogP contribution in [-0.4, -0.2) is 24.6 Å². The lowest BCUT2D eigenvalue weighted by atomic mass is 9.81. The lowest BCUT2D eigenvalue weighted by molar-refractivity contribution is -0.475. The largest absolute Gasteiger partial charge is 0.362 e. The SMILES string of the molecule is CC1(O)OOC(c2ccccc2)(c2ccccc2)CC1S(=O)(=O)c1ccccc1. The Kier molecular flexibility index (Phi) is 5.04. The highest BCUT2D eigenvalue weighted by Crippen LogP contribution is 2.47. The maximum absolute atomic E-state index is 13.5. The molecule has 1 fully saturated rings. The fraction of sp³-hybridized carbons (Fsp3) is 0.217. The third-order valence-electron chi connectivity index (χ3n) is 5.35. The van der Waals surface area contributed by atoms with Gasteiger partial charge >= 0.3 is 0 Å². The molecule has 0 amide bonds. The quantitative estimate of drug-likeness (QED) is 0.662. The van der Waals surface area contributed by atoms with E-state index in [1.807, 2.05) is 60.7 Å². The maximum Gasteiger partial charge on any atom is 0.213 e. The summed E-state index contributed by atoms with van der Waals surface area (Å²) in [5.41, 5.74) is 0.307. The molecule has 6 heteroatoms. The molecule has 0 aromatic heterocycles. The second kappa shape index (κ2) is 7.39. The van der Waals surface area contributed by atoms with Crippen molar-refractivity contribution in [1.29, 1.82) is 0 Å². The fourth-order valence-corrected chi connectivity index (χ4v) is 5.71. The Labute approximate surface area is 170 Å². The molecule has 1 saturated heterocycles. The summed E-state index contributed by atoms with van der Waals surface area (Å²) in [7, 11) is -3.91. The van der Waals surface area contributed by atoms with Crippen molar-refractivity contribution < 1.29 is 23.3 Å². The summed E-state index contributed by atoms with van der Waals surface area (Å²) in [6.45, 7) is 1.32. The predicted octanol–water partition coefficient (Wildman–Crippen LogP) is 3.83. The smallest absolute Gasteiger partial charge is 0.213 e. The third kappa shape index (κ3) is 3.49. The summed E-state index contributed by atoms with van der Waals surface area (Å²) >= 11 is 0. The number of aliphatic hydroxyl groups is 1. The Morgan fingerprint density at radius 1 is 0.793 bits per heavy atom. The monoisotopic (exact) mass is 410 g/mol. The van der Waals surface area contributed by atoms with E-state index in [0.29, 0.717) is 0 Å². The molecule has 2 unspecified atom stereocenters. The normalized spacial score (nSPS) is 24.1. The van der Waals surface area contributed by atoms with Crippen LogP contribution in [0.4, 0.5) is 0 Å². The summed E-state index contributed by atoms with van der Waals surface area (Å²) in [5.74, 6) is -2.01. The second-order valence-electron chi connectivity index (χ2n) is 7.33. The van der Waals surface area contributed by atoms with Crippen molar-refractivity contribution in [1.82, 2.24) is 0 Å². The van der Waals surface area contributed by atoms with E-state index in [-0.39, 0.29) is 11.3 Å². The van der Waals surface area contributed by atoms with E-state index in [4.69, 9.17) is 9.78 Å². The highest BCUT2D eigenvalue weighted by atomic mass is 32.2. The molecule has 1 aliphatic heterocycles. The first-order chi connectivity index (χ1) is 13.9. The summed E-state index contributed by atoms with van der Waals surface area (Å²) in [6.07, 6.45) is -0.00868. The number of benzene rings is 3. The van der Waals surface area contributed by atoms with Gasteiger partial charge in [0.05, 0.1) is 4.90 Å². The first kappa shape index (κ1) is 19.8. The summed E-state index contributed by atoms with van der Waals surface area (Å²) < 4.78 is 26.9. The van der Waals surface area contributed by atoms with Gasteiger partial charge in [0, 0.05) is 6.42 Å². The van der Waals surface area contributed by atoms with Gasteiger partial charge in [0.25, 0.3) is 0 Å². The van der Waals surface area contributed by atoms with Crippen LogP contribution in [0, 0.1) is 0 Å². The first-order valence-corrected chi connectivity index (χ1v) is 10.9. The van der Waals surface area contributed by atoms with Crippen LogP contribution in [-0.2, 0) is 25.2 Å². The van der Waals surface area contributed by atoms with Crippen LogP contribution in [0.3, 0.4) is 0 Å². The van der Waals surface area contributed by atoms with Crippen molar-refractivity contribution in [3.63, 3.8) is 0 Å². The number of hydrogen-bond donors (Lipinski definition) is 1. The minimum absolute atomic E-state index is 0.00868. The lowest BCUT2D eigenvalue weighted by Crippen LogP contribution is -2.56. The van der Waals surface area contributed by atoms with Gasteiger partial charge in [-0.1, -0.05) is 78.9 Å². The Morgan fingerprint density at radius 3 is 1.72 bits per heavy atom. The Bertz CT molecular complexity index is 1020. The number of sulfone groups is 1. The molecule has 150 valence electrons. The van der Waals surface area contributed by atoms with E-state index in [0.717, 1.165) is 11.1 Å². The number of hydrogen-bond acceptors (Lipinski definition) is 5. The van der Waals surface area contributed by atoms with E-state index in [9.17, 15) is 13.5 Å². The molecule has 0 radical (unpaired) electrons. The van der Waals surface area contributed by atoms with Crippen molar-refractivity contribution >= 4 is 9.84 Å². The molecule has 29 heavy (non-hydrogen) atoms. The minimum atomic E-state index is -3.91. The van der Waals surface area contributed by atoms with E-state index in [1.165, 1.54) is 19.1 Å². The van der Waals surface area contributed by atoms with E-state index in [2.05, 4.69) is 0 Å². The third-order valence-corrected chi connectivity index (χ3v) is 7.63. The molecule has 0 bridgehead atoms. The van der Waals surface area contributed by atoms with Crippen LogP contribution in [0.2, 0.25) is 0 Å². The molecule has 1 aliphatic rings.